The van der Waals surface area contributed by atoms with Gasteiger partial charge in [0.05, 0.1) is 40.3 Å². The van der Waals surface area contributed by atoms with Crippen LogP contribution in [0.5, 0.6) is 0 Å². The first kappa shape index (κ1) is 47.9. The molecule has 0 N–H and O–H groups in total. The van der Waals surface area contributed by atoms with Gasteiger partial charge in [-0.05, 0) is 106 Å². The number of esters is 4. The van der Waals surface area contributed by atoms with Gasteiger partial charge in [0.2, 0.25) is 0 Å². The van der Waals surface area contributed by atoms with Crippen molar-refractivity contribution in [1.29, 1.82) is 0 Å². The Morgan fingerprint density at radius 2 is 1.10 bits per heavy atom. The van der Waals surface area contributed by atoms with Crippen LogP contribution in [-0.2, 0) is 38.1 Å². The summed E-state index contributed by atoms with van der Waals surface area (Å²) >= 11 is 0. The van der Waals surface area contributed by atoms with E-state index in [1.165, 1.54) is 62.7 Å². The van der Waals surface area contributed by atoms with Crippen molar-refractivity contribution in [3.8, 4) is 0 Å². The molecule has 0 heterocycles. The van der Waals surface area contributed by atoms with Crippen LogP contribution in [0.4, 0.5) is 0 Å². The number of methoxy groups -OCH3 is 4. The molecule has 0 saturated heterocycles. The number of carbonyl (C=O) groups excluding carboxylic acids is 4. The summed E-state index contributed by atoms with van der Waals surface area (Å²) in [5.41, 5.74) is 7.99. The zero-order chi connectivity index (χ0) is 38.5. The molecule has 280 valence electrons. The predicted molar refractivity (Wildman–Crippen MR) is 204 cm³/mol. The van der Waals surface area contributed by atoms with E-state index in [-0.39, 0.29) is 11.9 Å². The molecule has 0 aromatic carbocycles. The van der Waals surface area contributed by atoms with Crippen molar-refractivity contribution in [2.45, 2.75) is 106 Å². The second-order valence-electron chi connectivity index (χ2n) is 12.6. The molecule has 1 aliphatic rings. The van der Waals surface area contributed by atoms with E-state index in [0.29, 0.717) is 12.8 Å². The predicted octanol–water partition coefficient (Wildman–Crippen LogP) is 9.85. The van der Waals surface area contributed by atoms with Crippen LogP contribution < -0.4 is 0 Å². The van der Waals surface area contributed by atoms with Gasteiger partial charge in [-0.3, -0.25) is 9.59 Å². The SMILES string of the molecule is C=CC(=C)CC/C=C(\C)CCC=C(C)C.COC(=O)/C=C\C(=O)OC.COC(=O)[C@H]1CC(CC/C=C(\C)CCC=C(C)C)=CC[C@H]1C(=O)OC. The summed E-state index contributed by atoms with van der Waals surface area (Å²) in [7, 11) is 5.18. The minimum Gasteiger partial charge on any atom is -0.469 e. The fourth-order valence-corrected chi connectivity index (χ4v) is 4.74. The molecule has 50 heavy (non-hydrogen) atoms. The molecule has 0 unspecified atom stereocenters. The largest absolute Gasteiger partial charge is 0.469 e. The molecule has 8 heteroatoms. The second-order valence-corrected chi connectivity index (χ2v) is 12.6. The van der Waals surface area contributed by atoms with E-state index in [1.54, 1.807) is 0 Å². The maximum absolute atomic E-state index is 12.0. The second kappa shape index (κ2) is 29.7. The minimum atomic E-state index is -0.578. The van der Waals surface area contributed by atoms with Crippen molar-refractivity contribution in [1.82, 2.24) is 0 Å². The first-order valence-corrected chi connectivity index (χ1v) is 17.2. The highest BCUT2D eigenvalue weighted by molar-refractivity contribution is 5.91. The van der Waals surface area contributed by atoms with Crippen LogP contribution in [0.25, 0.3) is 0 Å². The minimum absolute atomic E-state index is 0.325. The van der Waals surface area contributed by atoms with Crippen molar-refractivity contribution in [3.05, 3.63) is 95.2 Å². The molecule has 0 aromatic heterocycles. The fourth-order valence-electron chi connectivity index (χ4n) is 4.74. The third-order valence-electron chi connectivity index (χ3n) is 7.78. The van der Waals surface area contributed by atoms with Crippen molar-refractivity contribution in [2.75, 3.05) is 28.4 Å². The molecule has 0 fully saturated rings. The zero-order valence-corrected chi connectivity index (χ0v) is 32.5. The highest BCUT2D eigenvalue weighted by Gasteiger charge is 2.37. The fraction of sp³-hybridized carbons (Fsp3) is 0.524. The van der Waals surface area contributed by atoms with Gasteiger partial charge in [0, 0.05) is 12.2 Å². The normalized spacial score (nSPS) is 15.4. The molecule has 0 amide bonds. The van der Waals surface area contributed by atoms with Crippen LogP contribution in [0.15, 0.2) is 95.2 Å². The van der Waals surface area contributed by atoms with Gasteiger partial charge >= 0.3 is 23.9 Å². The van der Waals surface area contributed by atoms with E-state index < -0.39 is 23.8 Å². The van der Waals surface area contributed by atoms with Gasteiger partial charge in [-0.15, -0.1) is 0 Å². The topological polar surface area (TPSA) is 105 Å². The Balaban J connectivity index is 0. The smallest absolute Gasteiger partial charge is 0.330 e. The standard InChI is InChI=1S/C21H32O4.C15H24.C6H8O4/c1-15(2)8-6-9-16(3)10-7-11-17-12-13-18(20(22)24-4)19(14-17)21(23)25-5;1-6-14(4)10-8-12-15(5)11-7-9-13(2)3;1-9-5(7)3-4-6(8)10-2/h8,10,12,18-19H,6-7,9,11,13-14H2,1-5H3;6,9,12H,1,4,7-8,10-11H2,2-3,5H3;3-4H,1-2H3/b16-10+;15-12+;4-3-/t18-,19+;;/m1../s1. The molecule has 1 rings (SSSR count). The van der Waals surface area contributed by atoms with Gasteiger partial charge in [0.1, 0.15) is 0 Å². The van der Waals surface area contributed by atoms with Crippen LogP contribution in [-0.4, -0.2) is 52.3 Å². The number of ether oxygens (including phenoxy) is 4. The van der Waals surface area contributed by atoms with Gasteiger partial charge in [0.15, 0.2) is 0 Å². The number of rotatable bonds is 17. The summed E-state index contributed by atoms with van der Waals surface area (Å²) in [4.78, 5) is 44.5. The first-order valence-electron chi connectivity index (χ1n) is 17.2. The summed E-state index contributed by atoms with van der Waals surface area (Å²) in [5.74, 6) is -2.67. The molecule has 0 radical (unpaired) electrons. The summed E-state index contributed by atoms with van der Waals surface area (Å²) in [5, 5.41) is 0. The van der Waals surface area contributed by atoms with Crippen molar-refractivity contribution < 1.29 is 38.1 Å². The lowest BCUT2D eigenvalue weighted by Crippen LogP contribution is -2.33. The summed E-state index contributed by atoms with van der Waals surface area (Å²) in [6.45, 7) is 20.5. The van der Waals surface area contributed by atoms with Crippen molar-refractivity contribution in [2.24, 2.45) is 11.8 Å². The quantitative estimate of drug-likeness (QED) is 0.0487. The van der Waals surface area contributed by atoms with E-state index in [9.17, 15) is 19.2 Å². The third-order valence-corrected chi connectivity index (χ3v) is 7.78. The highest BCUT2D eigenvalue weighted by Crippen LogP contribution is 2.33. The average molecular weight is 697 g/mol. The molecule has 2 atom stereocenters. The van der Waals surface area contributed by atoms with Gasteiger partial charge in [0.25, 0.3) is 0 Å². The maximum atomic E-state index is 12.0. The lowest BCUT2D eigenvalue weighted by atomic mass is 9.78. The molecule has 0 spiro atoms. The molecule has 1 aliphatic carbocycles. The number of carbonyl (C=O) groups is 4. The summed E-state index contributed by atoms with van der Waals surface area (Å²) < 4.78 is 18.1. The molecule has 0 bridgehead atoms. The van der Waals surface area contributed by atoms with Crippen molar-refractivity contribution in [3.63, 3.8) is 0 Å². The lowest BCUT2D eigenvalue weighted by Gasteiger charge is -2.27. The van der Waals surface area contributed by atoms with Gasteiger partial charge in [-0.25, -0.2) is 9.59 Å². The highest BCUT2D eigenvalue weighted by atomic mass is 16.5. The Kier molecular flexibility index (Phi) is 28.5. The van der Waals surface area contributed by atoms with Crippen LogP contribution >= 0.6 is 0 Å². The monoisotopic (exact) mass is 696 g/mol. The molecular formula is C42H64O8. The zero-order valence-electron chi connectivity index (χ0n) is 32.5. The number of allylic oxidation sites excluding steroid dienone is 12. The number of hydrogen-bond acceptors (Lipinski definition) is 8. The van der Waals surface area contributed by atoms with Gasteiger partial charge < -0.3 is 18.9 Å². The molecular weight excluding hydrogens is 632 g/mol. The molecule has 0 aromatic rings. The number of hydrogen-bond donors (Lipinski definition) is 0. The van der Waals surface area contributed by atoms with E-state index in [0.717, 1.165) is 62.7 Å². The lowest BCUT2D eigenvalue weighted by molar-refractivity contribution is -0.157. The Hall–Kier alpha value is -4.20. The van der Waals surface area contributed by atoms with Gasteiger partial charge in [-0.1, -0.05) is 83.1 Å². The molecule has 8 nitrogen and oxygen atoms in total. The van der Waals surface area contributed by atoms with E-state index >= 15 is 0 Å². The Morgan fingerprint density at radius 3 is 1.52 bits per heavy atom. The summed E-state index contributed by atoms with van der Waals surface area (Å²) in [6.07, 6.45) is 24.7. The average Bonchev–Trinajstić information content (AvgIpc) is 3.09. The Labute approximate surface area is 302 Å². The Morgan fingerprint density at radius 1 is 0.660 bits per heavy atom. The van der Waals surface area contributed by atoms with E-state index in [1.807, 2.05) is 6.08 Å². The van der Waals surface area contributed by atoms with E-state index in [4.69, 9.17) is 9.47 Å². The van der Waals surface area contributed by atoms with Crippen LogP contribution in [0.1, 0.15) is 106 Å². The summed E-state index contributed by atoms with van der Waals surface area (Å²) in [6, 6.07) is 0. The van der Waals surface area contributed by atoms with Crippen LogP contribution in [0.2, 0.25) is 0 Å². The van der Waals surface area contributed by atoms with Crippen molar-refractivity contribution >= 4 is 23.9 Å². The first-order chi connectivity index (χ1) is 23.6. The van der Waals surface area contributed by atoms with Crippen LogP contribution in [0.3, 0.4) is 0 Å². The third kappa shape index (κ3) is 25.8. The van der Waals surface area contributed by atoms with E-state index in [2.05, 4.69) is 94.6 Å². The van der Waals surface area contributed by atoms with Gasteiger partial charge in [-0.2, -0.15) is 0 Å². The molecule has 0 saturated carbocycles. The molecule has 0 aliphatic heterocycles. The van der Waals surface area contributed by atoms with Crippen LogP contribution in [0, 0.1) is 11.8 Å². The maximum Gasteiger partial charge on any atom is 0.330 e. The Bertz CT molecular complexity index is 1250.